The van der Waals surface area contributed by atoms with Crippen LogP contribution < -0.4 is 4.31 Å². The summed E-state index contributed by atoms with van der Waals surface area (Å²) in [7, 11) is -3.90. The molecule has 0 bridgehead atoms. The van der Waals surface area contributed by atoms with Crippen molar-refractivity contribution in [1.82, 2.24) is 4.98 Å². The summed E-state index contributed by atoms with van der Waals surface area (Å²) < 4.78 is 75.4. The Morgan fingerprint density at radius 2 is 1.87 bits per heavy atom. The van der Waals surface area contributed by atoms with Gasteiger partial charge in [0.15, 0.2) is 6.10 Å². The van der Waals surface area contributed by atoms with E-state index < -0.39 is 52.3 Å². The predicted molar refractivity (Wildman–Crippen MR) is 138 cm³/mol. The molecule has 4 rings (SSSR count). The lowest BCUT2D eigenvalue weighted by Crippen LogP contribution is -2.35. The van der Waals surface area contributed by atoms with E-state index in [1.807, 2.05) is 0 Å². The standard InChI is InChI=1S/C27H31F3N2O5S/c1-14-19(16-7-9-27(29,30)10-8-16)20(24(25(33)34)37-26(3,4)5)15(2)23-21(14)22-17(11-18(28)12-31-22)13-32(23)38(6,35)36/h7,11-12,24H,8-10,13H2,1-6H3,(H,33,34)/t24-/m0/s1. The van der Waals surface area contributed by atoms with Crippen LogP contribution in [-0.2, 0) is 26.1 Å². The lowest BCUT2D eigenvalue weighted by Gasteiger charge is -2.37. The molecule has 0 fully saturated rings. The van der Waals surface area contributed by atoms with E-state index in [9.17, 15) is 31.5 Å². The van der Waals surface area contributed by atoms with E-state index in [1.165, 1.54) is 12.1 Å². The minimum Gasteiger partial charge on any atom is -0.479 e. The zero-order chi connectivity index (χ0) is 28.4. The van der Waals surface area contributed by atoms with Gasteiger partial charge in [0.2, 0.25) is 10.0 Å². The van der Waals surface area contributed by atoms with E-state index in [2.05, 4.69) is 4.98 Å². The number of carboxylic acid groups (broad SMARTS) is 1. The maximum Gasteiger partial charge on any atom is 0.337 e. The normalized spacial score (nSPS) is 17.9. The van der Waals surface area contributed by atoms with Crippen molar-refractivity contribution in [3.05, 3.63) is 52.0 Å². The van der Waals surface area contributed by atoms with Gasteiger partial charge in [0.25, 0.3) is 5.92 Å². The van der Waals surface area contributed by atoms with Crippen molar-refractivity contribution in [3.8, 4) is 11.3 Å². The molecule has 0 radical (unpaired) electrons. The average molecular weight is 553 g/mol. The molecule has 0 unspecified atom stereocenters. The molecule has 0 saturated heterocycles. The summed E-state index contributed by atoms with van der Waals surface area (Å²) in [4.78, 5) is 16.9. The van der Waals surface area contributed by atoms with Crippen molar-refractivity contribution in [2.24, 2.45) is 0 Å². The van der Waals surface area contributed by atoms with Gasteiger partial charge in [0.05, 0.1) is 36.0 Å². The topological polar surface area (TPSA) is 96.8 Å². The summed E-state index contributed by atoms with van der Waals surface area (Å²) in [6.45, 7) is 8.17. The van der Waals surface area contributed by atoms with Crippen molar-refractivity contribution in [2.75, 3.05) is 10.6 Å². The predicted octanol–water partition coefficient (Wildman–Crippen LogP) is 5.93. The monoisotopic (exact) mass is 552 g/mol. The van der Waals surface area contributed by atoms with Gasteiger partial charge in [-0.25, -0.2) is 26.4 Å². The fourth-order valence-electron chi connectivity index (χ4n) is 5.30. The average Bonchev–Trinajstić information content (AvgIpc) is 2.77. The number of carbonyl (C=O) groups is 1. The van der Waals surface area contributed by atoms with E-state index in [-0.39, 0.29) is 24.2 Å². The van der Waals surface area contributed by atoms with Crippen LogP contribution in [0.1, 0.15) is 74.0 Å². The van der Waals surface area contributed by atoms with E-state index in [0.717, 1.165) is 16.8 Å². The molecule has 206 valence electrons. The van der Waals surface area contributed by atoms with Crippen molar-refractivity contribution in [1.29, 1.82) is 0 Å². The molecule has 1 aromatic heterocycles. The van der Waals surface area contributed by atoms with Crippen LogP contribution in [0.3, 0.4) is 0 Å². The number of rotatable bonds is 5. The quantitative estimate of drug-likeness (QED) is 0.494. The Hall–Kier alpha value is -2.92. The van der Waals surface area contributed by atoms with Crippen LogP contribution in [0.5, 0.6) is 0 Å². The molecule has 2 aliphatic rings. The van der Waals surface area contributed by atoms with Gasteiger partial charge in [0, 0.05) is 29.5 Å². The number of hydrogen-bond donors (Lipinski definition) is 1. The highest BCUT2D eigenvalue weighted by molar-refractivity contribution is 7.92. The first-order valence-corrected chi connectivity index (χ1v) is 14.0. The number of sulfonamides is 1. The molecule has 0 spiro atoms. The second-order valence-corrected chi connectivity index (χ2v) is 12.8. The number of allylic oxidation sites excluding steroid dienone is 2. The lowest BCUT2D eigenvalue weighted by molar-refractivity contribution is -0.160. The molecular weight excluding hydrogens is 521 g/mol. The van der Waals surface area contributed by atoms with Crippen molar-refractivity contribution < 1.29 is 36.2 Å². The summed E-state index contributed by atoms with van der Waals surface area (Å²) in [6, 6.07) is 1.22. The molecule has 11 heteroatoms. The maximum absolute atomic E-state index is 14.1. The van der Waals surface area contributed by atoms with Crippen LogP contribution in [0.25, 0.3) is 16.8 Å². The third kappa shape index (κ3) is 5.18. The van der Waals surface area contributed by atoms with Crippen molar-refractivity contribution in [3.63, 3.8) is 0 Å². The summed E-state index contributed by atoms with van der Waals surface area (Å²) >= 11 is 0. The van der Waals surface area contributed by atoms with Crippen LogP contribution in [0.15, 0.2) is 18.3 Å². The number of alkyl halides is 2. The first-order chi connectivity index (χ1) is 17.4. The molecule has 1 atom stereocenters. The third-order valence-corrected chi connectivity index (χ3v) is 7.95. The molecule has 7 nitrogen and oxygen atoms in total. The first-order valence-electron chi connectivity index (χ1n) is 12.2. The fraction of sp³-hybridized carbons (Fsp3) is 0.481. The van der Waals surface area contributed by atoms with Crippen LogP contribution in [0.2, 0.25) is 0 Å². The zero-order valence-electron chi connectivity index (χ0n) is 22.2. The van der Waals surface area contributed by atoms with E-state index in [4.69, 9.17) is 4.74 Å². The molecule has 1 aromatic carbocycles. The number of pyridine rings is 1. The first kappa shape index (κ1) is 28.1. The van der Waals surface area contributed by atoms with Gasteiger partial charge in [0.1, 0.15) is 5.82 Å². The number of hydrogen-bond acceptors (Lipinski definition) is 5. The molecule has 38 heavy (non-hydrogen) atoms. The maximum atomic E-state index is 14.1. The summed E-state index contributed by atoms with van der Waals surface area (Å²) in [5.41, 5.74) is 2.36. The minimum atomic E-state index is -3.90. The minimum absolute atomic E-state index is 0.0135. The number of ether oxygens (including phenoxy) is 1. The number of aromatic nitrogens is 1. The SMILES string of the molecule is Cc1c(C2=CCC(F)(F)CC2)c([C@H](OC(C)(C)C)C(=O)O)c(C)c2c1-c1ncc(F)cc1CN2S(C)(=O)=O. The molecule has 1 aliphatic heterocycles. The van der Waals surface area contributed by atoms with Gasteiger partial charge in [-0.3, -0.25) is 9.29 Å². The van der Waals surface area contributed by atoms with Crippen LogP contribution >= 0.6 is 0 Å². The number of carboxylic acids is 1. The summed E-state index contributed by atoms with van der Waals surface area (Å²) in [5.74, 6) is -4.81. The highest BCUT2D eigenvalue weighted by Gasteiger charge is 2.40. The van der Waals surface area contributed by atoms with Gasteiger partial charge in [-0.1, -0.05) is 6.08 Å². The fourth-order valence-corrected chi connectivity index (χ4v) is 6.23. The van der Waals surface area contributed by atoms with Gasteiger partial charge >= 0.3 is 5.97 Å². The second-order valence-electron chi connectivity index (χ2n) is 10.9. The van der Waals surface area contributed by atoms with E-state index >= 15 is 0 Å². The Morgan fingerprint density at radius 1 is 1.21 bits per heavy atom. The number of aliphatic carboxylic acids is 1. The number of nitrogens with zero attached hydrogens (tertiary/aromatic N) is 2. The Balaban J connectivity index is 2.16. The van der Waals surface area contributed by atoms with Crippen molar-refractivity contribution in [2.45, 2.75) is 78.1 Å². The molecular formula is C27H31F3N2O5S. The number of benzene rings is 1. The highest BCUT2D eigenvalue weighted by atomic mass is 32.2. The zero-order valence-corrected chi connectivity index (χ0v) is 23.0. The van der Waals surface area contributed by atoms with Gasteiger partial charge in [-0.2, -0.15) is 0 Å². The Labute approximate surface area is 220 Å². The second kappa shape index (κ2) is 9.37. The molecule has 2 aromatic rings. The van der Waals surface area contributed by atoms with Gasteiger partial charge in [-0.15, -0.1) is 0 Å². The lowest BCUT2D eigenvalue weighted by atomic mass is 9.79. The van der Waals surface area contributed by atoms with Crippen molar-refractivity contribution >= 4 is 27.3 Å². The molecule has 1 aliphatic carbocycles. The van der Waals surface area contributed by atoms with Crippen LogP contribution in [0, 0.1) is 19.7 Å². The Morgan fingerprint density at radius 3 is 2.39 bits per heavy atom. The number of halogens is 3. The van der Waals surface area contributed by atoms with Crippen LogP contribution in [-0.4, -0.2) is 42.3 Å². The van der Waals surface area contributed by atoms with Crippen LogP contribution in [0.4, 0.5) is 18.9 Å². The smallest absolute Gasteiger partial charge is 0.337 e. The molecule has 0 amide bonds. The Kier molecular flexibility index (Phi) is 6.93. The molecule has 0 saturated carbocycles. The van der Waals surface area contributed by atoms with Gasteiger partial charge in [-0.05, 0) is 69.4 Å². The number of fused-ring (bicyclic) bond motifs is 3. The van der Waals surface area contributed by atoms with E-state index in [0.29, 0.717) is 39.1 Å². The Bertz CT molecular complexity index is 1460. The third-order valence-electron chi connectivity index (χ3n) is 6.84. The van der Waals surface area contributed by atoms with E-state index in [1.54, 1.807) is 34.6 Å². The molecule has 1 N–H and O–H groups in total. The number of anilines is 1. The van der Waals surface area contributed by atoms with Gasteiger partial charge < -0.3 is 9.84 Å². The largest absolute Gasteiger partial charge is 0.479 e. The highest BCUT2D eigenvalue weighted by Crippen LogP contribution is 2.51. The summed E-state index contributed by atoms with van der Waals surface area (Å²) in [6.07, 6.45) is 1.01. The molecule has 2 heterocycles. The summed E-state index contributed by atoms with van der Waals surface area (Å²) in [5, 5.41) is 10.3.